The van der Waals surface area contributed by atoms with Crippen molar-refractivity contribution in [3.05, 3.63) is 41.5 Å². The van der Waals surface area contributed by atoms with Crippen LogP contribution in [0.15, 0.2) is 30.3 Å². The summed E-state index contributed by atoms with van der Waals surface area (Å²) in [5.74, 6) is 2.36. The van der Waals surface area contributed by atoms with Gasteiger partial charge in [-0.05, 0) is 18.2 Å². The Labute approximate surface area is 199 Å². The summed E-state index contributed by atoms with van der Waals surface area (Å²) >= 11 is 0. The third-order valence-electron chi connectivity index (χ3n) is 6.61. The van der Waals surface area contributed by atoms with Crippen molar-refractivity contribution in [1.29, 1.82) is 0 Å². The van der Waals surface area contributed by atoms with E-state index in [2.05, 4.69) is 0 Å². The second-order valence-corrected chi connectivity index (χ2v) is 8.83. The van der Waals surface area contributed by atoms with Crippen LogP contribution in [0.1, 0.15) is 30.1 Å². The molecule has 35 heavy (non-hydrogen) atoms. The van der Waals surface area contributed by atoms with Gasteiger partial charge in [0.1, 0.15) is 54.4 Å². The molecule has 11 nitrogen and oxygen atoms in total. The summed E-state index contributed by atoms with van der Waals surface area (Å²) in [7, 11) is 0. The third kappa shape index (κ3) is 3.80. The van der Waals surface area contributed by atoms with Crippen LogP contribution in [-0.2, 0) is 14.3 Å². The van der Waals surface area contributed by atoms with E-state index < -0.39 is 36.7 Å². The van der Waals surface area contributed by atoms with E-state index in [0.29, 0.717) is 29.6 Å². The highest BCUT2D eigenvalue weighted by atomic mass is 16.7. The Balaban J connectivity index is 1.19. The van der Waals surface area contributed by atoms with Gasteiger partial charge in [-0.1, -0.05) is 0 Å². The molecule has 4 aliphatic rings. The normalized spacial score (nSPS) is 31.9. The van der Waals surface area contributed by atoms with Gasteiger partial charge in [-0.15, -0.1) is 0 Å². The Morgan fingerprint density at radius 1 is 0.943 bits per heavy atom. The van der Waals surface area contributed by atoms with E-state index in [9.17, 15) is 20.1 Å². The van der Waals surface area contributed by atoms with E-state index in [1.54, 1.807) is 12.1 Å². The van der Waals surface area contributed by atoms with Gasteiger partial charge in [-0.2, -0.15) is 0 Å². The van der Waals surface area contributed by atoms with Crippen LogP contribution in [0.25, 0.3) is 0 Å². The first kappa shape index (κ1) is 22.2. The summed E-state index contributed by atoms with van der Waals surface area (Å²) in [6, 6.07) is 8.91. The zero-order valence-electron chi connectivity index (χ0n) is 18.7. The lowest BCUT2D eigenvalue weighted by molar-refractivity contribution is -0.278. The third-order valence-corrected chi connectivity index (χ3v) is 6.61. The van der Waals surface area contributed by atoms with Gasteiger partial charge >= 0.3 is 5.97 Å². The van der Waals surface area contributed by atoms with E-state index in [1.807, 2.05) is 18.2 Å². The van der Waals surface area contributed by atoms with Crippen molar-refractivity contribution in [2.45, 2.75) is 49.7 Å². The predicted octanol–water partition coefficient (Wildman–Crippen LogP) is 0.774. The maximum absolute atomic E-state index is 11.1. The van der Waals surface area contributed by atoms with Crippen LogP contribution in [0.2, 0.25) is 0 Å². The average molecular weight is 488 g/mol. The molecule has 0 bridgehead atoms. The molecule has 0 aromatic heterocycles. The van der Waals surface area contributed by atoms with Crippen LogP contribution in [-0.4, -0.2) is 72.0 Å². The molecule has 7 atom stereocenters. The molecule has 2 aromatic rings. The Bertz CT molecular complexity index is 1150. The summed E-state index contributed by atoms with van der Waals surface area (Å²) in [6.07, 6.45) is -7.17. The van der Waals surface area contributed by atoms with E-state index >= 15 is 0 Å². The van der Waals surface area contributed by atoms with Crippen molar-refractivity contribution in [1.82, 2.24) is 0 Å². The highest BCUT2D eigenvalue weighted by molar-refractivity contribution is 5.65. The number of hydrogen-bond acceptors (Lipinski definition) is 11. The van der Waals surface area contributed by atoms with E-state index in [-0.39, 0.29) is 25.4 Å². The second kappa shape index (κ2) is 8.45. The number of benzene rings is 2. The molecule has 4 aliphatic heterocycles. The molecule has 0 amide bonds. The van der Waals surface area contributed by atoms with Crippen molar-refractivity contribution in [3.63, 3.8) is 0 Å². The fourth-order valence-electron chi connectivity index (χ4n) is 4.78. The largest absolute Gasteiger partial charge is 0.492 e. The lowest BCUT2D eigenvalue weighted by Crippen LogP contribution is -2.60. The van der Waals surface area contributed by atoms with Crippen LogP contribution >= 0.6 is 0 Å². The molecule has 3 N–H and O–H groups in total. The van der Waals surface area contributed by atoms with Crippen LogP contribution in [0, 0.1) is 0 Å². The Kier molecular flexibility index (Phi) is 5.37. The van der Waals surface area contributed by atoms with Crippen LogP contribution in [0.5, 0.6) is 28.7 Å². The van der Waals surface area contributed by atoms with Crippen molar-refractivity contribution >= 4 is 5.97 Å². The molecule has 0 saturated carbocycles. The Morgan fingerprint density at radius 3 is 2.54 bits per heavy atom. The number of fused-ring (bicyclic) bond motifs is 6. The van der Waals surface area contributed by atoms with Gasteiger partial charge in [-0.3, -0.25) is 4.79 Å². The van der Waals surface area contributed by atoms with Gasteiger partial charge < -0.3 is 48.5 Å². The molecule has 0 radical (unpaired) electrons. The quantitative estimate of drug-likeness (QED) is 0.526. The molecule has 4 heterocycles. The van der Waals surface area contributed by atoms with Crippen molar-refractivity contribution in [3.8, 4) is 28.7 Å². The summed E-state index contributed by atoms with van der Waals surface area (Å²) in [4.78, 5) is 11.1. The molecule has 0 unspecified atom stereocenters. The van der Waals surface area contributed by atoms with Gasteiger partial charge in [-0.25, -0.2) is 0 Å². The minimum absolute atomic E-state index is 0.0130. The maximum Gasteiger partial charge on any atom is 0.302 e. The minimum atomic E-state index is -1.55. The van der Waals surface area contributed by atoms with Gasteiger partial charge in [0, 0.05) is 30.2 Å². The van der Waals surface area contributed by atoms with Gasteiger partial charge in [0.15, 0.2) is 11.5 Å². The summed E-state index contributed by atoms with van der Waals surface area (Å²) < 4.78 is 39.4. The first-order valence-corrected chi connectivity index (χ1v) is 11.3. The van der Waals surface area contributed by atoms with Crippen molar-refractivity contribution < 1.29 is 53.3 Å². The SMILES string of the molecule is CC(=O)OC[C@@H]1O[C@@H](Oc2ccc3c(c2)OC[C@H]2c4cc5c(cc4O[C@@H]32)OCO5)[C@@H](O)[C@@H](O)[C@@H]1O. The van der Waals surface area contributed by atoms with Crippen molar-refractivity contribution in [2.24, 2.45) is 0 Å². The molecule has 1 saturated heterocycles. The van der Waals surface area contributed by atoms with Crippen LogP contribution < -0.4 is 23.7 Å². The fraction of sp³-hybridized carbons (Fsp3) is 0.458. The number of esters is 1. The van der Waals surface area contributed by atoms with Crippen LogP contribution in [0.3, 0.4) is 0 Å². The van der Waals surface area contributed by atoms with E-state index in [1.165, 1.54) is 6.92 Å². The molecule has 6 rings (SSSR count). The summed E-state index contributed by atoms with van der Waals surface area (Å²) in [5, 5.41) is 30.7. The Hall–Kier alpha value is -3.25. The van der Waals surface area contributed by atoms with E-state index in [0.717, 1.165) is 16.9 Å². The number of hydrogen-bond donors (Lipinski definition) is 3. The van der Waals surface area contributed by atoms with Gasteiger partial charge in [0.05, 0.1) is 12.5 Å². The molecular formula is C24H24O11. The Morgan fingerprint density at radius 2 is 1.74 bits per heavy atom. The van der Waals surface area contributed by atoms with Crippen LogP contribution in [0.4, 0.5) is 0 Å². The highest BCUT2D eigenvalue weighted by Crippen LogP contribution is 2.54. The maximum atomic E-state index is 11.1. The number of carbonyl (C=O) groups excluding carboxylic acids is 1. The smallest absolute Gasteiger partial charge is 0.302 e. The molecule has 1 fully saturated rings. The van der Waals surface area contributed by atoms with Gasteiger partial charge in [0.2, 0.25) is 13.1 Å². The first-order valence-electron chi connectivity index (χ1n) is 11.3. The zero-order chi connectivity index (χ0) is 24.3. The number of rotatable bonds is 4. The predicted molar refractivity (Wildman–Crippen MR) is 115 cm³/mol. The summed E-state index contributed by atoms with van der Waals surface area (Å²) in [5.41, 5.74) is 1.83. The molecule has 11 heteroatoms. The summed E-state index contributed by atoms with van der Waals surface area (Å²) in [6.45, 7) is 1.49. The lowest BCUT2D eigenvalue weighted by atomic mass is 9.89. The molecule has 2 aromatic carbocycles. The van der Waals surface area contributed by atoms with Crippen molar-refractivity contribution in [2.75, 3.05) is 20.0 Å². The number of aliphatic hydroxyl groups is 3. The number of aliphatic hydroxyl groups excluding tert-OH is 3. The number of carbonyl (C=O) groups is 1. The molecule has 186 valence electrons. The van der Waals surface area contributed by atoms with E-state index in [4.69, 9.17) is 33.2 Å². The monoisotopic (exact) mass is 488 g/mol. The zero-order valence-corrected chi connectivity index (χ0v) is 18.7. The lowest BCUT2D eigenvalue weighted by Gasteiger charge is -2.40. The highest BCUT2D eigenvalue weighted by Gasteiger charge is 2.46. The molecular weight excluding hydrogens is 464 g/mol. The van der Waals surface area contributed by atoms with Gasteiger partial charge in [0.25, 0.3) is 0 Å². The molecule has 0 spiro atoms. The molecule has 0 aliphatic carbocycles. The topological polar surface area (TPSA) is 142 Å². The fourth-order valence-corrected chi connectivity index (χ4v) is 4.78. The standard InChI is InChI=1S/C24H24O11/c1-10(25)29-8-19-20(26)21(27)22(28)24(35-19)33-11-2-3-12-15(4-11)30-7-14-13-5-17-18(32-9-31-17)6-16(13)34-23(12)14/h2-6,14,19-24,26-28H,7-9H2,1H3/t14-,19-,20+,21-,22-,23-,24+/m0/s1. The average Bonchev–Trinajstić information content (AvgIpc) is 3.45. The minimum Gasteiger partial charge on any atom is -0.492 e. The second-order valence-electron chi connectivity index (χ2n) is 8.83. The first-order chi connectivity index (χ1) is 16.9. The number of ether oxygens (including phenoxy) is 7.